The van der Waals surface area contributed by atoms with E-state index in [1.807, 2.05) is 47.4 Å². The number of amides is 2. The van der Waals surface area contributed by atoms with E-state index in [1.54, 1.807) is 12.4 Å². The first-order chi connectivity index (χ1) is 13.7. The Kier molecular flexibility index (Phi) is 4.04. The van der Waals surface area contributed by atoms with Crippen molar-refractivity contribution in [3.05, 3.63) is 60.4 Å². The molecular formula is C22H20N4O2. The van der Waals surface area contributed by atoms with Crippen LogP contribution in [0.5, 0.6) is 0 Å². The number of aromatic nitrogens is 2. The zero-order valence-electron chi connectivity index (χ0n) is 15.3. The Morgan fingerprint density at radius 1 is 1.07 bits per heavy atom. The van der Waals surface area contributed by atoms with E-state index in [2.05, 4.69) is 10.3 Å². The highest BCUT2D eigenvalue weighted by molar-refractivity contribution is 6.07. The number of fused-ring (bicyclic) bond motifs is 3. The van der Waals surface area contributed by atoms with Crippen molar-refractivity contribution < 1.29 is 9.59 Å². The van der Waals surface area contributed by atoms with Gasteiger partial charge in [-0.1, -0.05) is 18.2 Å². The van der Waals surface area contributed by atoms with Gasteiger partial charge >= 0.3 is 0 Å². The van der Waals surface area contributed by atoms with Crippen LogP contribution in [0.2, 0.25) is 0 Å². The molecule has 2 saturated heterocycles. The van der Waals surface area contributed by atoms with Gasteiger partial charge in [0, 0.05) is 48.4 Å². The topological polar surface area (TPSA) is 75.2 Å². The van der Waals surface area contributed by atoms with Crippen LogP contribution >= 0.6 is 0 Å². The second-order valence-electron chi connectivity index (χ2n) is 7.41. The van der Waals surface area contributed by atoms with Crippen molar-refractivity contribution in [1.82, 2.24) is 20.2 Å². The van der Waals surface area contributed by atoms with Crippen molar-refractivity contribution in [3.8, 4) is 11.3 Å². The number of benzene rings is 1. The third kappa shape index (κ3) is 2.81. The highest BCUT2D eigenvalue weighted by Gasteiger charge is 2.41. The van der Waals surface area contributed by atoms with Crippen molar-refractivity contribution in [2.75, 3.05) is 6.54 Å². The quantitative estimate of drug-likeness (QED) is 0.751. The molecular weight excluding hydrogens is 352 g/mol. The highest BCUT2D eigenvalue weighted by atomic mass is 16.2. The lowest BCUT2D eigenvalue weighted by atomic mass is 10.0. The zero-order chi connectivity index (χ0) is 19.1. The van der Waals surface area contributed by atoms with Crippen molar-refractivity contribution in [3.63, 3.8) is 0 Å². The summed E-state index contributed by atoms with van der Waals surface area (Å²) in [6, 6.07) is 13.4. The van der Waals surface area contributed by atoms with Crippen LogP contribution in [0, 0.1) is 0 Å². The average molecular weight is 372 g/mol. The summed E-state index contributed by atoms with van der Waals surface area (Å²) in [5.41, 5.74) is 3.10. The Labute approximate surface area is 162 Å². The number of nitrogens with one attached hydrogen (secondary N) is 1. The standard InChI is InChI=1S/C22H20N4O2/c27-21-11-15-5-6-16(13-24-21)26(15)22(28)18-12-20(14-7-9-23-10-8-14)25-19-4-2-1-3-17(18)19/h1-4,7-10,12,15-16H,5-6,11,13H2,(H,24,27)/t15-,16+/m1/s1. The molecule has 6 heteroatoms. The summed E-state index contributed by atoms with van der Waals surface area (Å²) >= 11 is 0. The fraction of sp³-hybridized carbons (Fsp3) is 0.273. The second-order valence-corrected chi connectivity index (χ2v) is 7.41. The molecule has 4 heterocycles. The third-order valence-electron chi connectivity index (χ3n) is 5.73. The van der Waals surface area contributed by atoms with Crippen LogP contribution < -0.4 is 5.32 Å². The molecule has 1 N–H and O–H groups in total. The Hall–Kier alpha value is -3.28. The largest absolute Gasteiger partial charge is 0.354 e. The molecule has 2 fully saturated rings. The Morgan fingerprint density at radius 2 is 1.86 bits per heavy atom. The summed E-state index contributed by atoms with van der Waals surface area (Å²) in [4.78, 5) is 36.4. The van der Waals surface area contributed by atoms with Gasteiger partial charge in [-0.2, -0.15) is 0 Å². The molecule has 1 aromatic carbocycles. The molecule has 0 spiro atoms. The van der Waals surface area contributed by atoms with Crippen molar-refractivity contribution in [2.24, 2.45) is 0 Å². The molecule has 2 aromatic heterocycles. The van der Waals surface area contributed by atoms with Gasteiger partial charge in [-0.05, 0) is 37.1 Å². The monoisotopic (exact) mass is 372 g/mol. The minimum absolute atomic E-state index is 0.0158. The van der Waals surface area contributed by atoms with E-state index in [1.165, 1.54) is 0 Å². The maximum Gasteiger partial charge on any atom is 0.255 e. The summed E-state index contributed by atoms with van der Waals surface area (Å²) in [7, 11) is 0. The predicted molar refractivity (Wildman–Crippen MR) is 106 cm³/mol. The van der Waals surface area contributed by atoms with Gasteiger partial charge in [0.25, 0.3) is 5.91 Å². The van der Waals surface area contributed by atoms with E-state index in [0.29, 0.717) is 18.5 Å². The molecule has 140 valence electrons. The van der Waals surface area contributed by atoms with Gasteiger partial charge in [0.1, 0.15) is 0 Å². The zero-order valence-corrected chi connectivity index (χ0v) is 15.3. The molecule has 0 unspecified atom stereocenters. The minimum Gasteiger partial charge on any atom is -0.354 e. The molecule has 6 nitrogen and oxygen atoms in total. The fourth-order valence-electron chi connectivity index (χ4n) is 4.37. The maximum absolute atomic E-state index is 13.7. The van der Waals surface area contributed by atoms with Crippen LogP contribution in [0.25, 0.3) is 22.2 Å². The van der Waals surface area contributed by atoms with Gasteiger partial charge in [0.15, 0.2) is 0 Å². The molecule has 2 aliphatic rings. The predicted octanol–water partition coefficient (Wildman–Crippen LogP) is 2.79. The highest BCUT2D eigenvalue weighted by Crippen LogP contribution is 2.32. The van der Waals surface area contributed by atoms with Crippen LogP contribution in [0.3, 0.4) is 0 Å². The first-order valence-corrected chi connectivity index (χ1v) is 9.60. The van der Waals surface area contributed by atoms with E-state index in [-0.39, 0.29) is 23.9 Å². The van der Waals surface area contributed by atoms with Crippen molar-refractivity contribution in [2.45, 2.75) is 31.3 Å². The van der Waals surface area contributed by atoms with Crippen LogP contribution in [0.1, 0.15) is 29.6 Å². The number of hydrogen-bond donors (Lipinski definition) is 1. The number of carbonyl (C=O) groups is 2. The molecule has 0 saturated carbocycles. The van der Waals surface area contributed by atoms with Crippen LogP contribution in [0.15, 0.2) is 54.9 Å². The van der Waals surface area contributed by atoms with E-state index < -0.39 is 0 Å². The van der Waals surface area contributed by atoms with E-state index in [9.17, 15) is 9.59 Å². The lowest BCUT2D eigenvalue weighted by Crippen LogP contribution is -2.42. The minimum atomic E-state index is -0.0312. The van der Waals surface area contributed by atoms with Gasteiger partial charge in [-0.25, -0.2) is 4.98 Å². The summed E-state index contributed by atoms with van der Waals surface area (Å²) in [6.07, 6.45) is 5.63. The van der Waals surface area contributed by atoms with Crippen LogP contribution in [-0.2, 0) is 4.79 Å². The van der Waals surface area contributed by atoms with E-state index in [4.69, 9.17) is 4.98 Å². The summed E-state index contributed by atoms with van der Waals surface area (Å²) in [5.74, 6) is 0.0139. The van der Waals surface area contributed by atoms with Crippen molar-refractivity contribution in [1.29, 1.82) is 0 Å². The molecule has 2 atom stereocenters. The average Bonchev–Trinajstić information content (AvgIpc) is 3.05. The summed E-state index contributed by atoms with van der Waals surface area (Å²) in [5, 5.41) is 3.78. The lowest BCUT2D eigenvalue weighted by Gasteiger charge is -2.28. The Morgan fingerprint density at radius 3 is 2.71 bits per heavy atom. The number of carbonyl (C=O) groups excluding carboxylic acids is 2. The van der Waals surface area contributed by atoms with E-state index >= 15 is 0 Å². The molecule has 2 amide bonds. The molecule has 2 aliphatic heterocycles. The number of rotatable bonds is 2. The van der Waals surface area contributed by atoms with Gasteiger partial charge in [-0.15, -0.1) is 0 Å². The van der Waals surface area contributed by atoms with Crippen LogP contribution in [-0.4, -0.2) is 45.3 Å². The van der Waals surface area contributed by atoms with E-state index in [0.717, 1.165) is 35.0 Å². The fourth-order valence-corrected chi connectivity index (χ4v) is 4.37. The molecule has 0 radical (unpaired) electrons. The maximum atomic E-state index is 13.7. The molecule has 5 rings (SSSR count). The van der Waals surface area contributed by atoms with Crippen molar-refractivity contribution >= 4 is 22.7 Å². The first-order valence-electron chi connectivity index (χ1n) is 9.60. The lowest BCUT2D eigenvalue weighted by molar-refractivity contribution is -0.121. The smallest absolute Gasteiger partial charge is 0.255 e. The summed E-state index contributed by atoms with van der Waals surface area (Å²) < 4.78 is 0. The normalized spacial score (nSPS) is 21.4. The third-order valence-corrected chi connectivity index (χ3v) is 5.73. The number of nitrogens with zero attached hydrogens (tertiary/aromatic N) is 3. The Balaban J connectivity index is 1.63. The molecule has 2 bridgehead atoms. The SMILES string of the molecule is O=C1C[C@H]2CC[C@@H](CN1)N2C(=O)c1cc(-c2ccncc2)nc2ccccc12. The molecule has 3 aromatic rings. The van der Waals surface area contributed by atoms with Gasteiger partial charge < -0.3 is 10.2 Å². The molecule has 0 aliphatic carbocycles. The summed E-state index contributed by atoms with van der Waals surface area (Å²) in [6.45, 7) is 0.529. The van der Waals surface area contributed by atoms with Gasteiger partial charge in [-0.3, -0.25) is 14.6 Å². The number of pyridine rings is 2. The number of para-hydroxylation sites is 1. The number of hydrogen-bond acceptors (Lipinski definition) is 4. The Bertz CT molecular complexity index is 1070. The molecule has 28 heavy (non-hydrogen) atoms. The van der Waals surface area contributed by atoms with Gasteiger partial charge in [0.05, 0.1) is 16.8 Å². The first kappa shape index (κ1) is 16.9. The van der Waals surface area contributed by atoms with Gasteiger partial charge in [0.2, 0.25) is 5.91 Å². The van der Waals surface area contributed by atoms with Crippen LogP contribution in [0.4, 0.5) is 0 Å². The second kappa shape index (κ2) is 6.71.